The smallest absolute Gasteiger partial charge is 0.173 e. The maximum absolute atomic E-state index is 12.9. The molecule has 58 valence electrons. The van der Waals surface area contributed by atoms with Crippen LogP contribution < -0.4 is 0 Å². The predicted molar refractivity (Wildman–Crippen MR) is 41.1 cm³/mol. The molecule has 1 heterocycles. The van der Waals surface area contributed by atoms with E-state index in [9.17, 15) is 4.39 Å². The first-order valence-electron chi connectivity index (χ1n) is 3.17. The highest BCUT2D eigenvalue weighted by molar-refractivity contribution is 6.69. The number of hydrogen-bond donors (Lipinski definition) is 0. The molecule has 4 heteroatoms. The van der Waals surface area contributed by atoms with Gasteiger partial charge in [-0.1, -0.05) is 18.5 Å². The van der Waals surface area contributed by atoms with Crippen molar-refractivity contribution in [3.63, 3.8) is 0 Å². The molecule has 1 atom stereocenters. The predicted octanol–water partition coefficient (Wildman–Crippen LogP) is 2.02. The van der Waals surface area contributed by atoms with Crippen LogP contribution in [0.2, 0.25) is 0 Å². The van der Waals surface area contributed by atoms with Crippen LogP contribution in [0.1, 0.15) is 6.92 Å². The minimum Gasteiger partial charge on any atom is -0.270 e. The molecular weight excluding hydrogens is 167 g/mol. The third kappa shape index (κ3) is 1.41. The van der Waals surface area contributed by atoms with Gasteiger partial charge in [-0.05, 0) is 0 Å². The average Bonchev–Trinajstić information content (AvgIpc) is 1.99. The quantitative estimate of drug-likeness (QED) is 0.551. The summed E-state index contributed by atoms with van der Waals surface area (Å²) in [6.07, 6.45) is 0. The number of hydrogen-bond acceptors (Lipinski definition) is 2. The molecule has 1 rings (SSSR count). The molecule has 0 bridgehead atoms. The summed E-state index contributed by atoms with van der Waals surface area (Å²) in [5, 5.41) is 8.31. The summed E-state index contributed by atoms with van der Waals surface area (Å²) in [7, 11) is 0. The van der Waals surface area contributed by atoms with E-state index in [0.29, 0.717) is 6.54 Å². The van der Waals surface area contributed by atoms with Crippen molar-refractivity contribution in [2.75, 3.05) is 6.54 Å². The second-order valence-electron chi connectivity index (χ2n) is 2.37. The van der Waals surface area contributed by atoms with Crippen molar-refractivity contribution < 1.29 is 4.39 Å². The summed E-state index contributed by atoms with van der Waals surface area (Å²) in [6.45, 7) is 2.14. The van der Waals surface area contributed by atoms with E-state index in [4.69, 9.17) is 16.9 Å². The van der Waals surface area contributed by atoms with Crippen LogP contribution in [0.25, 0.3) is 0 Å². The van der Waals surface area contributed by atoms with Gasteiger partial charge in [0.15, 0.2) is 11.0 Å². The molecule has 0 fully saturated rings. The van der Waals surface area contributed by atoms with Crippen LogP contribution in [-0.2, 0) is 0 Å². The zero-order chi connectivity index (χ0) is 8.43. The van der Waals surface area contributed by atoms with Crippen LogP contribution >= 0.6 is 11.6 Å². The van der Waals surface area contributed by atoms with Crippen molar-refractivity contribution in [3.05, 3.63) is 11.4 Å². The highest BCUT2D eigenvalue weighted by atomic mass is 35.5. The van der Waals surface area contributed by atoms with Gasteiger partial charge in [-0.25, -0.2) is 4.39 Å². The first-order chi connectivity index (χ1) is 5.16. The first kappa shape index (κ1) is 8.22. The highest BCUT2D eigenvalue weighted by Crippen LogP contribution is 2.23. The van der Waals surface area contributed by atoms with Gasteiger partial charge in [-0.2, -0.15) is 5.26 Å². The van der Waals surface area contributed by atoms with Gasteiger partial charge in [-0.15, -0.1) is 0 Å². The Morgan fingerprint density at radius 2 is 2.45 bits per heavy atom. The molecule has 0 N–H and O–H groups in total. The van der Waals surface area contributed by atoms with Crippen LogP contribution in [-0.4, -0.2) is 11.7 Å². The Morgan fingerprint density at radius 3 is 2.91 bits per heavy atom. The Morgan fingerprint density at radius 1 is 1.82 bits per heavy atom. The zero-order valence-electron chi connectivity index (χ0n) is 5.93. The van der Waals surface area contributed by atoms with Gasteiger partial charge in [0.1, 0.15) is 0 Å². The Kier molecular flexibility index (Phi) is 2.25. The van der Waals surface area contributed by atoms with Crippen LogP contribution in [0.5, 0.6) is 0 Å². The van der Waals surface area contributed by atoms with E-state index in [1.54, 1.807) is 13.0 Å². The monoisotopic (exact) mass is 172 g/mol. The van der Waals surface area contributed by atoms with E-state index >= 15 is 0 Å². The minimum absolute atomic E-state index is 0.102. The van der Waals surface area contributed by atoms with Crippen LogP contribution in [0.4, 0.5) is 4.39 Å². The molecule has 2 nitrogen and oxygen atoms in total. The van der Waals surface area contributed by atoms with Crippen molar-refractivity contribution in [1.29, 1.82) is 5.26 Å². The van der Waals surface area contributed by atoms with Crippen molar-refractivity contribution in [2.24, 2.45) is 10.9 Å². The van der Waals surface area contributed by atoms with Crippen molar-refractivity contribution in [3.8, 4) is 6.07 Å². The molecule has 0 aromatic rings. The molecule has 0 aromatic heterocycles. The molecule has 0 aromatic carbocycles. The number of aliphatic imine (C=N–C) groups is 1. The molecule has 11 heavy (non-hydrogen) atoms. The SMILES string of the molecule is CC1CN=C(Cl)C(F)=C1C#N. The van der Waals surface area contributed by atoms with Gasteiger partial charge in [-0.3, -0.25) is 4.99 Å². The first-order valence-corrected chi connectivity index (χ1v) is 3.54. The normalized spacial score (nSPS) is 24.5. The van der Waals surface area contributed by atoms with Gasteiger partial charge < -0.3 is 0 Å². The summed E-state index contributed by atoms with van der Waals surface area (Å²) in [6, 6.07) is 1.77. The second kappa shape index (κ2) is 3.02. The molecule has 0 spiro atoms. The second-order valence-corrected chi connectivity index (χ2v) is 2.73. The lowest BCUT2D eigenvalue weighted by atomic mass is 10.00. The summed E-state index contributed by atoms with van der Waals surface area (Å²) in [4.78, 5) is 3.69. The zero-order valence-corrected chi connectivity index (χ0v) is 6.69. The topological polar surface area (TPSA) is 36.1 Å². The third-order valence-corrected chi connectivity index (χ3v) is 1.82. The standard InChI is InChI=1S/C7H6ClFN2/c1-4-3-11-7(8)6(9)5(4)2-10/h4H,3H2,1H3. The molecule has 0 saturated heterocycles. The number of dihydropyridines is 1. The lowest BCUT2D eigenvalue weighted by Gasteiger charge is -2.12. The van der Waals surface area contributed by atoms with Crippen LogP contribution in [0.15, 0.2) is 16.4 Å². The van der Waals surface area contributed by atoms with E-state index in [2.05, 4.69) is 4.99 Å². The molecule has 0 saturated carbocycles. The van der Waals surface area contributed by atoms with Gasteiger partial charge in [0.25, 0.3) is 0 Å². The minimum atomic E-state index is -0.673. The molecule has 1 aliphatic rings. The number of allylic oxidation sites excluding steroid dienone is 1. The molecule has 1 unspecified atom stereocenters. The van der Waals surface area contributed by atoms with Gasteiger partial charge in [0, 0.05) is 12.5 Å². The maximum atomic E-state index is 12.9. The highest BCUT2D eigenvalue weighted by Gasteiger charge is 2.21. The fourth-order valence-electron chi connectivity index (χ4n) is 0.865. The van der Waals surface area contributed by atoms with E-state index in [-0.39, 0.29) is 16.7 Å². The van der Waals surface area contributed by atoms with Crippen LogP contribution in [0, 0.1) is 17.2 Å². The summed E-state index contributed by atoms with van der Waals surface area (Å²) < 4.78 is 12.9. The molecule has 0 radical (unpaired) electrons. The maximum Gasteiger partial charge on any atom is 0.173 e. The van der Waals surface area contributed by atoms with Gasteiger partial charge in [0.05, 0.1) is 11.6 Å². The lowest BCUT2D eigenvalue weighted by molar-refractivity contribution is 0.611. The summed E-state index contributed by atoms with van der Waals surface area (Å²) >= 11 is 5.37. The fourth-order valence-corrected chi connectivity index (χ4v) is 1.04. The van der Waals surface area contributed by atoms with Gasteiger partial charge in [0.2, 0.25) is 0 Å². The molecule has 0 amide bonds. The van der Waals surface area contributed by atoms with E-state index in [1.165, 1.54) is 0 Å². The van der Waals surface area contributed by atoms with E-state index in [1.807, 2.05) is 0 Å². The largest absolute Gasteiger partial charge is 0.270 e. The Hall–Kier alpha value is -0.880. The molecule has 0 aliphatic carbocycles. The molecular formula is C7H6ClFN2. The Balaban J connectivity index is 3.08. The van der Waals surface area contributed by atoms with Crippen molar-refractivity contribution in [1.82, 2.24) is 0 Å². The van der Waals surface area contributed by atoms with E-state index in [0.717, 1.165) is 0 Å². The Labute approximate surface area is 69.0 Å². The third-order valence-electron chi connectivity index (χ3n) is 1.53. The lowest BCUT2D eigenvalue weighted by Crippen LogP contribution is -2.12. The van der Waals surface area contributed by atoms with E-state index < -0.39 is 5.83 Å². The molecule has 1 aliphatic heterocycles. The summed E-state index contributed by atoms with van der Waals surface area (Å²) in [5.74, 6) is -0.824. The number of halogens is 2. The number of nitrogens with zero attached hydrogens (tertiary/aromatic N) is 2. The number of rotatable bonds is 0. The van der Waals surface area contributed by atoms with Crippen molar-refractivity contribution in [2.45, 2.75) is 6.92 Å². The fraction of sp³-hybridized carbons (Fsp3) is 0.429. The van der Waals surface area contributed by atoms with Crippen molar-refractivity contribution >= 4 is 16.8 Å². The summed E-state index contributed by atoms with van der Waals surface area (Å²) in [5.41, 5.74) is 0.102. The Bertz CT molecular complexity index is 275. The van der Waals surface area contributed by atoms with Crippen LogP contribution in [0.3, 0.4) is 0 Å². The van der Waals surface area contributed by atoms with Gasteiger partial charge >= 0.3 is 0 Å². The average molecular weight is 173 g/mol. The number of nitriles is 1.